The van der Waals surface area contributed by atoms with E-state index in [1.54, 1.807) is 16.8 Å². The first-order valence-corrected chi connectivity index (χ1v) is 6.82. The van der Waals surface area contributed by atoms with E-state index < -0.39 is 0 Å². The van der Waals surface area contributed by atoms with E-state index in [1.165, 1.54) is 19.3 Å². The lowest BCUT2D eigenvalue weighted by molar-refractivity contribution is 0.0911. The summed E-state index contributed by atoms with van der Waals surface area (Å²) in [5.41, 5.74) is 6.97. The van der Waals surface area contributed by atoms with Gasteiger partial charge in [0.15, 0.2) is 0 Å². The smallest absolute Gasteiger partial charge is 0.268 e. The number of nitrogens with one attached hydrogen (secondary N) is 1. The van der Waals surface area contributed by atoms with Gasteiger partial charge < -0.3 is 15.6 Å². The molecular weight excluding hydrogens is 226 g/mol. The van der Waals surface area contributed by atoms with E-state index in [4.69, 9.17) is 5.73 Å². The fourth-order valence-corrected chi connectivity index (χ4v) is 2.87. The SMILES string of the molecule is CCC1CCCC(NC(=O)c2cc(N)cn2C)C1. The van der Waals surface area contributed by atoms with E-state index in [0.29, 0.717) is 17.4 Å². The minimum absolute atomic E-state index is 0.00375. The second kappa shape index (κ2) is 5.46. The zero-order valence-corrected chi connectivity index (χ0v) is 11.3. The molecular formula is C14H23N3O. The fraction of sp³-hybridized carbons (Fsp3) is 0.643. The molecule has 100 valence electrons. The first-order chi connectivity index (χ1) is 8.60. The topological polar surface area (TPSA) is 60.1 Å². The highest BCUT2D eigenvalue weighted by molar-refractivity contribution is 5.93. The Morgan fingerprint density at radius 3 is 2.94 bits per heavy atom. The van der Waals surface area contributed by atoms with Crippen molar-refractivity contribution in [1.29, 1.82) is 0 Å². The number of aromatic nitrogens is 1. The van der Waals surface area contributed by atoms with E-state index >= 15 is 0 Å². The first kappa shape index (κ1) is 13.0. The number of nitrogens with zero attached hydrogens (tertiary/aromatic N) is 1. The van der Waals surface area contributed by atoms with Crippen LogP contribution in [0.25, 0.3) is 0 Å². The lowest BCUT2D eigenvalue weighted by Crippen LogP contribution is -2.39. The Morgan fingerprint density at radius 1 is 1.56 bits per heavy atom. The molecule has 2 unspecified atom stereocenters. The van der Waals surface area contributed by atoms with Gasteiger partial charge in [0.05, 0.1) is 5.69 Å². The summed E-state index contributed by atoms with van der Waals surface area (Å²) in [6.45, 7) is 2.23. The molecule has 1 aromatic heterocycles. The van der Waals surface area contributed by atoms with Crippen LogP contribution in [0.5, 0.6) is 0 Å². The summed E-state index contributed by atoms with van der Waals surface area (Å²) in [4.78, 5) is 12.2. The number of hydrogen-bond donors (Lipinski definition) is 2. The van der Waals surface area contributed by atoms with E-state index in [-0.39, 0.29) is 5.91 Å². The quantitative estimate of drug-likeness (QED) is 0.863. The third kappa shape index (κ3) is 2.86. The van der Waals surface area contributed by atoms with Crippen LogP contribution in [0.3, 0.4) is 0 Å². The average molecular weight is 249 g/mol. The fourth-order valence-electron chi connectivity index (χ4n) is 2.87. The normalized spacial score (nSPS) is 23.9. The molecule has 2 rings (SSSR count). The van der Waals surface area contributed by atoms with Gasteiger partial charge in [-0.2, -0.15) is 0 Å². The number of hydrogen-bond acceptors (Lipinski definition) is 2. The molecule has 2 atom stereocenters. The minimum atomic E-state index is -0.00375. The second-order valence-corrected chi connectivity index (χ2v) is 5.38. The summed E-state index contributed by atoms with van der Waals surface area (Å²) < 4.78 is 1.78. The number of nitrogen functional groups attached to an aromatic ring is 1. The van der Waals surface area contributed by atoms with Crippen molar-refractivity contribution in [1.82, 2.24) is 9.88 Å². The lowest BCUT2D eigenvalue weighted by Gasteiger charge is -2.29. The molecule has 1 aromatic rings. The van der Waals surface area contributed by atoms with Gasteiger partial charge in [-0.25, -0.2) is 0 Å². The highest BCUT2D eigenvalue weighted by atomic mass is 16.2. The van der Waals surface area contributed by atoms with E-state index in [9.17, 15) is 4.79 Å². The lowest BCUT2D eigenvalue weighted by atomic mass is 9.84. The monoisotopic (exact) mass is 249 g/mol. The van der Waals surface area contributed by atoms with Gasteiger partial charge in [-0.15, -0.1) is 0 Å². The Kier molecular flexibility index (Phi) is 3.94. The highest BCUT2D eigenvalue weighted by Gasteiger charge is 2.23. The summed E-state index contributed by atoms with van der Waals surface area (Å²) in [5.74, 6) is 0.762. The Balaban J connectivity index is 1.97. The molecule has 18 heavy (non-hydrogen) atoms. The van der Waals surface area contributed by atoms with Crippen LogP contribution >= 0.6 is 0 Å². The van der Waals surface area contributed by atoms with Gasteiger partial charge >= 0.3 is 0 Å². The molecule has 0 saturated heterocycles. The summed E-state index contributed by atoms with van der Waals surface area (Å²) in [5, 5.41) is 3.14. The van der Waals surface area contributed by atoms with E-state index in [2.05, 4.69) is 12.2 Å². The van der Waals surface area contributed by atoms with Gasteiger partial charge in [-0.1, -0.05) is 26.2 Å². The summed E-state index contributed by atoms with van der Waals surface area (Å²) in [6, 6.07) is 2.06. The largest absolute Gasteiger partial charge is 0.397 e. The highest BCUT2D eigenvalue weighted by Crippen LogP contribution is 2.26. The van der Waals surface area contributed by atoms with Crippen LogP contribution in [0.2, 0.25) is 0 Å². The van der Waals surface area contributed by atoms with E-state index in [1.807, 2.05) is 7.05 Å². The third-order valence-electron chi connectivity index (χ3n) is 3.95. The maximum Gasteiger partial charge on any atom is 0.268 e. The molecule has 4 nitrogen and oxygen atoms in total. The maximum atomic E-state index is 12.2. The molecule has 1 amide bonds. The summed E-state index contributed by atoms with van der Waals surface area (Å²) in [7, 11) is 1.85. The summed E-state index contributed by atoms with van der Waals surface area (Å²) >= 11 is 0. The standard InChI is InChI=1S/C14H23N3O/c1-3-10-5-4-6-12(7-10)16-14(18)13-8-11(15)9-17(13)2/h8-10,12H,3-7,15H2,1-2H3,(H,16,18). The number of amides is 1. The Morgan fingerprint density at radius 2 is 2.33 bits per heavy atom. The van der Waals surface area contributed by atoms with Crippen LogP contribution in [0, 0.1) is 5.92 Å². The number of anilines is 1. The predicted molar refractivity (Wildman–Crippen MR) is 73.3 cm³/mol. The van der Waals surface area contributed by atoms with Crippen molar-refractivity contribution < 1.29 is 4.79 Å². The van der Waals surface area contributed by atoms with Gasteiger partial charge in [0.25, 0.3) is 5.91 Å². The van der Waals surface area contributed by atoms with Crippen molar-refractivity contribution >= 4 is 11.6 Å². The molecule has 1 fully saturated rings. The third-order valence-corrected chi connectivity index (χ3v) is 3.95. The Labute approximate surface area is 109 Å². The molecule has 4 heteroatoms. The van der Waals surface area contributed by atoms with Crippen molar-refractivity contribution in [2.24, 2.45) is 13.0 Å². The van der Waals surface area contributed by atoms with Crippen molar-refractivity contribution in [3.63, 3.8) is 0 Å². The van der Waals surface area contributed by atoms with Crippen LogP contribution in [0.15, 0.2) is 12.3 Å². The molecule has 0 aliphatic heterocycles. The van der Waals surface area contributed by atoms with Crippen LogP contribution in [-0.4, -0.2) is 16.5 Å². The number of carbonyl (C=O) groups is 1. The molecule has 0 bridgehead atoms. The molecule has 0 radical (unpaired) electrons. The van der Waals surface area contributed by atoms with Crippen molar-refractivity contribution in [3.8, 4) is 0 Å². The number of rotatable bonds is 3. The van der Waals surface area contributed by atoms with Crippen molar-refractivity contribution in [2.45, 2.75) is 45.1 Å². The Hall–Kier alpha value is -1.45. The maximum absolute atomic E-state index is 12.2. The van der Waals surface area contributed by atoms with Gasteiger partial charge in [0.1, 0.15) is 5.69 Å². The predicted octanol–water partition coefficient (Wildman–Crippen LogP) is 2.31. The van der Waals surface area contributed by atoms with Gasteiger partial charge in [0.2, 0.25) is 0 Å². The molecule has 3 N–H and O–H groups in total. The molecule has 1 saturated carbocycles. The van der Waals surface area contributed by atoms with Crippen LogP contribution in [-0.2, 0) is 7.05 Å². The molecule has 0 aromatic carbocycles. The number of carbonyl (C=O) groups excluding carboxylic acids is 1. The van der Waals surface area contributed by atoms with Crippen molar-refractivity contribution in [3.05, 3.63) is 18.0 Å². The van der Waals surface area contributed by atoms with Gasteiger partial charge in [0, 0.05) is 19.3 Å². The average Bonchev–Trinajstić information content (AvgIpc) is 2.69. The number of nitrogens with two attached hydrogens (primary N) is 1. The Bertz CT molecular complexity index is 425. The van der Waals surface area contributed by atoms with E-state index in [0.717, 1.165) is 18.8 Å². The molecule has 0 spiro atoms. The minimum Gasteiger partial charge on any atom is -0.397 e. The second-order valence-electron chi connectivity index (χ2n) is 5.38. The molecule has 1 aliphatic rings. The number of aryl methyl sites for hydroxylation is 1. The van der Waals surface area contributed by atoms with Gasteiger partial charge in [-0.3, -0.25) is 4.79 Å². The van der Waals surface area contributed by atoms with Crippen LogP contribution in [0.1, 0.15) is 49.5 Å². The van der Waals surface area contributed by atoms with Gasteiger partial charge in [-0.05, 0) is 24.8 Å². The molecule has 1 heterocycles. The summed E-state index contributed by atoms with van der Waals surface area (Å²) in [6.07, 6.45) is 7.72. The zero-order valence-electron chi connectivity index (χ0n) is 11.3. The zero-order chi connectivity index (χ0) is 13.1. The first-order valence-electron chi connectivity index (χ1n) is 6.82. The van der Waals surface area contributed by atoms with Crippen molar-refractivity contribution in [2.75, 3.05) is 5.73 Å². The molecule has 1 aliphatic carbocycles. The van der Waals surface area contributed by atoms with Crippen LogP contribution in [0.4, 0.5) is 5.69 Å². The van der Waals surface area contributed by atoms with Crippen LogP contribution < -0.4 is 11.1 Å².